The lowest BCUT2D eigenvalue weighted by Crippen LogP contribution is -2.31. The predicted molar refractivity (Wildman–Crippen MR) is 30.0 cm³/mol. The van der Waals surface area contributed by atoms with E-state index in [1.54, 1.807) is 0 Å². The van der Waals surface area contributed by atoms with Crippen LogP contribution in [0.15, 0.2) is 0 Å². The van der Waals surface area contributed by atoms with Crippen molar-refractivity contribution >= 4 is 5.97 Å². The second-order valence-electron chi connectivity index (χ2n) is 1.65. The van der Waals surface area contributed by atoms with Crippen LogP contribution in [0.25, 0.3) is 0 Å². The highest BCUT2D eigenvalue weighted by Gasteiger charge is 2.34. The first kappa shape index (κ1) is 9.27. The monoisotopic (exact) mass is 164 g/mol. The number of carboxylic acid groups (broad SMARTS) is 1. The summed E-state index contributed by atoms with van der Waals surface area (Å²) in [7, 11) is 0. The van der Waals surface area contributed by atoms with Crippen molar-refractivity contribution in [2.75, 3.05) is 0 Å². The van der Waals surface area contributed by atoms with Crippen molar-refractivity contribution in [1.82, 2.24) is 0 Å². The first-order valence-corrected chi connectivity index (χ1v) is 2.44. The van der Waals surface area contributed by atoms with Crippen LogP contribution < -0.4 is 0 Å². The van der Waals surface area contributed by atoms with Gasteiger partial charge in [-0.15, -0.1) is 0 Å². The molecule has 0 heterocycles. The van der Waals surface area contributed by atoms with Gasteiger partial charge >= 0.3 is 12.1 Å². The number of nitrogens with zero attached hydrogens (tertiary/aromatic N) is 2. The smallest absolute Gasteiger partial charge is 0.461 e. The summed E-state index contributed by atoms with van der Waals surface area (Å²) >= 11 is 0. The minimum Gasteiger partial charge on any atom is -0.481 e. The standard InChI is InChI=1S/C3H4N2O6/c6-3(7)1-2(4(8)9)5(10)11/h2H,1H2,(H,6,7). The number of carboxylic acids is 1. The number of rotatable bonds is 4. The van der Waals surface area contributed by atoms with E-state index in [0.29, 0.717) is 0 Å². The zero-order chi connectivity index (χ0) is 9.02. The van der Waals surface area contributed by atoms with Gasteiger partial charge in [0.25, 0.3) is 0 Å². The molecule has 0 saturated heterocycles. The van der Waals surface area contributed by atoms with E-state index in [1.807, 2.05) is 0 Å². The Labute approximate surface area is 59.7 Å². The highest BCUT2D eigenvalue weighted by molar-refractivity contribution is 5.66. The normalized spacial score (nSPS) is 9.55. The molecule has 1 N–H and O–H groups in total. The molecule has 0 amide bonds. The van der Waals surface area contributed by atoms with E-state index in [0.717, 1.165) is 0 Å². The van der Waals surface area contributed by atoms with Gasteiger partial charge in [-0.1, -0.05) is 0 Å². The van der Waals surface area contributed by atoms with E-state index in [2.05, 4.69) is 0 Å². The molecule has 0 fully saturated rings. The Bertz CT molecular complexity index is 186. The second-order valence-corrected chi connectivity index (χ2v) is 1.65. The summed E-state index contributed by atoms with van der Waals surface area (Å²) < 4.78 is 0. The van der Waals surface area contributed by atoms with Crippen molar-refractivity contribution in [2.45, 2.75) is 12.6 Å². The molecule has 8 heteroatoms. The van der Waals surface area contributed by atoms with Gasteiger partial charge in [0.2, 0.25) is 0 Å². The Hall–Kier alpha value is -1.73. The molecule has 0 aliphatic rings. The van der Waals surface area contributed by atoms with Gasteiger partial charge in [0.1, 0.15) is 0 Å². The minimum atomic E-state index is -2.24. The van der Waals surface area contributed by atoms with Gasteiger partial charge in [0.15, 0.2) is 6.42 Å². The van der Waals surface area contributed by atoms with Crippen molar-refractivity contribution in [3.8, 4) is 0 Å². The summed E-state index contributed by atoms with van der Waals surface area (Å²) in [4.78, 5) is 26.9. The Morgan fingerprint density at radius 3 is 1.82 bits per heavy atom. The lowest BCUT2D eigenvalue weighted by atomic mass is 10.4. The number of aliphatic carboxylic acids is 1. The number of nitro groups is 2. The zero-order valence-electron chi connectivity index (χ0n) is 5.17. The van der Waals surface area contributed by atoms with Gasteiger partial charge in [-0.3, -0.25) is 25.0 Å². The molecule has 0 saturated carbocycles. The van der Waals surface area contributed by atoms with Gasteiger partial charge in [0.05, 0.1) is 9.85 Å². The molecule has 0 aromatic carbocycles. The molecule has 8 nitrogen and oxygen atoms in total. The molecule has 0 spiro atoms. The highest BCUT2D eigenvalue weighted by atomic mass is 16.7. The lowest BCUT2D eigenvalue weighted by Gasteiger charge is -1.96. The van der Waals surface area contributed by atoms with Gasteiger partial charge < -0.3 is 5.11 Å². The molecule has 0 atom stereocenters. The van der Waals surface area contributed by atoms with Gasteiger partial charge in [-0.25, -0.2) is 0 Å². The highest BCUT2D eigenvalue weighted by Crippen LogP contribution is 1.97. The number of hydrogen-bond donors (Lipinski definition) is 1. The van der Waals surface area contributed by atoms with Crippen molar-refractivity contribution in [3.63, 3.8) is 0 Å². The molecule has 0 unspecified atom stereocenters. The summed E-state index contributed by atoms with van der Waals surface area (Å²) in [5.41, 5.74) is 0. The van der Waals surface area contributed by atoms with Crippen LogP contribution in [0.1, 0.15) is 6.42 Å². The summed E-state index contributed by atoms with van der Waals surface area (Å²) in [5.74, 6) is -1.57. The Morgan fingerprint density at radius 1 is 1.36 bits per heavy atom. The van der Waals surface area contributed by atoms with Crippen LogP contribution in [0, 0.1) is 20.2 Å². The van der Waals surface area contributed by atoms with Gasteiger partial charge in [-0.2, -0.15) is 0 Å². The van der Waals surface area contributed by atoms with Crippen LogP contribution in [0.2, 0.25) is 0 Å². The molecule has 0 rings (SSSR count). The number of carbonyl (C=O) groups is 1. The fraction of sp³-hybridized carbons (Fsp3) is 0.667. The van der Waals surface area contributed by atoms with Gasteiger partial charge in [-0.05, 0) is 0 Å². The molecule has 62 valence electrons. The maximum absolute atomic E-state index is 9.81. The molecule has 0 aliphatic heterocycles. The second kappa shape index (κ2) is 3.44. The Balaban J connectivity index is 4.23. The molecule has 0 aromatic heterocycles. The van der Waals surface area contributed by atoms with Crippen molar-refractivity contribution in [1.29, 1.82) is 0 Å². The third-order valence-corrected chi connectivity index (χ3v) is 0.844. The third-order valence-electron chi connectivity index (χ3n) is 0.844. The summed E-state index contributed by atoms with van der Waals surface area (Å²) in [5, 5.41) is 27.5. The molecule has 0 aliphatic carbocycles. The molecular formula is C3H4N2O6. The number of hydrogen-bond acceptors (Lipinski definition) is 5. The van der Waals surface area contributed by atoms with Crippen LogP contribution in [0.5, 0.6) is 0 Å². The van der Waals surface area contributed by atoms with E-state index in [-0.39, 0.29) is 0 Å². The maximum Gasteiger partial charge on any atom is 0.461 e. The van der Waals surface area contributed by atoms with Gasteiger partial charge in [0, 0.05) is 0 Å². The summed E-state index contributed by atoms with van der Waals surface area (Å²) in [6.07, 6.45) is -3.34. The fourth-order valence-electron chi connectivity index (χ4n) is 0.382. The zero-order valence-corrected chi connectivity index (χ0v) is 5.17. The third kappa shape index (κ3) is 3.08. The molecular weight excluding hydrogens is 160 g/mol. The summed E-state index contributed by atoms with van der Waals surface area (Å²) in [6, 6.07) is 0. The molecule has 0 aromatic rings. The first-order chi connectivity index (χ1) is 4.95. The topological polar surface area (TPSA) is 124 Å². The predicted octanol–water partition coefficient (Wildman–Crippen LogP) is -0.659. The molecule has 0 radical (unpaired) electrons. The largest absolute Gasteiger partial charge is 0.481 e. The lowest BCUT2D eigenvalue weighted by molar-refractivity contribution is -0.740. The summed E-state index contributed by atoms with van der Waals surface area (Å²) in [6.45, 7) is 0. The van der Waals surface area contributed by atoms with Crippen LogP contribution in [-0.4, -0.2) is 27.1 Å². The average molecular weight is 164 g/mol. The van der Waals surface area contributed by atoms with Crippen LogP contribution in [-0.2, 0) is 4.79 Å². The maximum atomic E-state index is 9.81. The minimum absolute atomic E-state index is 1.10. The quantitative estimate of drug-likeness (QED) is 0.334. The fourth-order valence-corrected chi connectivity index (χ4v) is 0.382. The van der Waals surface area contributed by atoms with Crippen molar-refractivity contribution < 1.29 is 19.7 Å². The Morgan fingerprint density at radius 2 is 1.73 bits per heavy atom. The first-order valence-electron chi connectivity index (χ1n) is 2.44. The van der Waals surface area contributed by atoms with E-state index >= 15 is 0 Å². The average Bonchev–Trinajstić information content (AvgIpc) is 1.81. The van der Waals surface area contributed by atoms with E-state index in [9.17, 15) is 25.0 Å². The van der Waals surface area contributed by atoms with Crippen LogP contribution >= 0.6 is 0 Å². The molecule has 11 heavy (non-hydrogen) atoms. The van der Waals surface area contributed by atoms with E-state index in [4.69, 9.17) is 5.11 Å². The SMILES string of the molecule is O=C(O)CC([N+](=O)[O-])[N+](=O)[O-]. The van der Waals surface area contributed by atoms with Crippen molar-refractivity contribution in [3.05, 3.63) is 20.2 Å². The van der Waals surface area contributed by atoms with Crippen LogP contribution in [0.4, 0.5) is 0 Å². The molecule has 0 bridgehead atoms. The van der Waals surface area contributed by atoms with Crippen LogP contribution in [0.3, 0.4) is 0 Å². The van der Waals surface area contributed by atoms with Crippen molar-refractivity contribution in [2.24, 2.45) is 0 Å². The van der Waals surface area contributed by atoms with E-state index in [1.165, 1.54) is 0 Å². The van der Waals surface area contributed by atoms with E-state index < -0.39 is 28.4 Å². The Kier molecular flexibility index (Phi) is 2.90.